The Bertz CT molecular complexity index is 310. The number of benzene rings is 1. The molecule has 0 fully saturated rings. The van der Waals surface area contributed by atoms with Crippen LogP contribution in [0.5, 0.6) is 0 Å². The average molecular weight is 233 g/mol. The molecule has 1 rings (SSSR count). The molecule has 0 spiro atoms. The van der Waals surface area contributed by atoms with Crippen LogP contribution in [0.15, 0.2) is 47.1 Å². The second kappa shape index (κ2) is 12.7. The summed E-state index contributed by atoms with van der Waals surface area (Å²) < 4.78 is 0. The lowest BCUT2D eigenvalue weighted by Crippen LogP contribution is -1.73. The van der Waals surface area contributed by atoms with Gasteiger partial charge < -0.3 is 0 Å². The van der Waals surface area contributed by atoms with E-state index in [2.05, 4.69) is 50.0 Å². The highest BCUT2D eigenvalue weighted by molar-refractivity contribution is 5.54. The van der Waals surface area contributed by atoms with Gasteiger partial charge in [-0.2, -0.15) is 0 Å². The summed E-state index contributed by atoms with van der Waals surface area (Å²) in [7, 11) is 0. The molecular weight excluding hydrogens is 206 g/mol. The Balaban J connectivity index is 0. The maximum atomic E-state index is 3.96. The lowest BCUT2D eigenvalue weighted by atomic mass is 10.2. The van der Waals surface area contributed by atoms with Crippen LogP contribution < -0.4 is 0 Å². The second-order valence-corrected chi connectivity index (χ2v) is 3.58. The van der Waals surface area contributed by atoms with Gasteiger partial charge in [0.1, 0.15) is 0 Å². The van der Waals surface area contributed by atoms with E-state index >= 15 is 0 Å². The maximum Gasteiger partial charge on any atom is 0.0252 e. The Kier molecular flexibility index (Phi) is 13.5. The normalized spacial score (nSPS) is 10.5. The van der Waals surface area contributed by atoms with E-state index in [4.69, 9.17) is 0 Å². The largest absolute Gasteiger partial charge is 0.269 e. The van der Waals surface area contributed by atoms with Gasteiger partial charge in [-0.3, -0.25) is 4.99 Å². The summed E-state index contributed by atoms with van der Waals surface area (Å²) in [6, 6.07) is 10.5. The molecule has 0 aromatic heterocycles. The van der Waals surface area contributed by atoms with Gasteiger partial charge in [-0.1, -0.05) is 57.2 Å². The summed E-state index contributed by atoms with van der Waals surface area (Å²) in [6.45, 7) is 8.28. The quantitative estimate of drug-likeness (QED) is 0.630. The Morgan fingerprint density at radius 3 is 2.12 bits per heavy atom. The Morgan fingerprint density at radius 1 is 1.18 bits per heavy atom. The molecule has 1 nitrogen and oxygen atoms in total. The van der Waals surface area contributed by atoms with Gasteiger partial charge in [-0.25, -0.2) is 0 Å². The van der Waals surface area contributed by atoms with Gasteiger partial charge in [-0.05, 0) is 32.3 Å². The number of hydrogen-bond donors (Lipinski definition) is 0. The SMILES string of the molecule is C.CC=N/C=C(\C)CC.CCc1ccccc1. The number of nitrogens with zero attached hydrogens (tertiary/aromatic N) is 1. The van der Waals surface area contributed by atoms with Crippen molar-refractivity contribution < 1.29 is 0 Å². The number of aryl methyl sites for hydroxylation is 1. The Morgan fingerprint density at radius 2 is 1.76 bits per heavy atom. The Labute approximate surface area is 107 Å². The lowest BCUT2D eigenvalue weighted by Gasteiger charge is -1.89. The summed E-state index contributed by atoms with van der Waals surface area (Å²) >= 11 is 0. The van der Waals surface area contributed by atoms with E-state index in [0.717, 1.165) is 12.8 Å². The molecule has 0 N–H and O–H groups in total. The Hall–Kier alpha value is -1.37. The first-order valence-electron chi connectivity index (χ1n) is 5.91. The van der Waals surface area contributed by atoms with Crippen LogP contribution in [-0.4, -0.2) is 6.21 Å². The fraction of sp³-hybridized carbons (Fsp3) is 0.438. The first kappa shape index (κ1) is 18.0. The van der Waals surface area contributed by atoms with E-state index < -0.39 is 0 Å². The molecule has 1 aromatic carbocycles. The van der Waals surface area contributed by atoms with Crippen molar-refractivity contribution in [2.45, 2.75) is 48.0 Å². The summed E-state index contributed by atoms with van der Waals surface area (Å²) in [6.07, 6.45) is 5.91. The van der Waals surface area contributed by atoms with Crippen LogP contribution in [0.2, 0.25) is 0 Å². The third kappa shape index (κ3) is 10.9. The van der Waals surface area contributed by atoms with E-state index in [0.29, 0.717) is 0 Å². The fourth-order valence-electron chi connectivity index (χ4n) is 1.01. The van der Waals surface area contributed by atoms with Crippen LogP contribution in [0.3, 0.4) is 0 Å². The van der Waals surface area contributed by atoms with Gasteiger partial charge in [0.05, 0.1) is 0 Å². The van der Waals surface area contributed by atoms with Crippen molar-refractivity contribution in [3.63, 3.8) is 0 Å². The summed E-state index contributed by atoms with van der Waals surface area (Å²) in [5.74, 6) is 0. The van der Waals surface area contributed by atoms with Crippen molar-refractivity contribution in [1.82, 2.24) is 0 Å². The molecule has 0 aliphatic carbocycles. The van der Waals surface area contributed by atoms with E-state index in [1.165, 1.54) is 11.1 Å². The molecule has 0 saturated carbocycles. The van der Waals surface area contributed by atoms with Gasteiger partial charge in [0.25, 0.3) is 0 Å². The zero-order valence-corrected chi connectivity index (χ0v) is 10.9. The summed E-state index contributed by atoms with van der Waals surface area (Å²) in [4.78, 5) is 3.96. The van der Waals surface area contributed by atoms with E-state index in [1.54, 1.807) is 6.21 Å². The molecule has 0 radical (unpaired) electrons. The van der Waals surface area contributed by atoms with Gasteiger partial charge in [-0.15, -0.1) is 0 Å². The van der Waals surface area contributed by atoms with Gasteiger partial charge in [0.15, 0.2) is 0 Å². The monoisotopic (exact) mass is 233 g/mol. The standard InChI is InChI=1S/C8H10.C7H13N.CH4/c1-2-8-6-4-3-5-7-8;1-4-7(3)6-8-5-2;/h3-7H,2H2,1H3;5-6H,4H2,1-3H3;1H4/b;7-6+,8-5?;. The van der Waals surface area contributed by atoms with Crippen LogP contribution in [0, 0.1) is 0 Å². The van der Waals surface area contributed by atoms with Crippen LogP contribution in [0.1, 0.15) is 47.1 Å². The van der Waals surface area contributed by atoms with Crippen molar-refractivity contribution in [2.24, 2.45) is 4.99 Å². The molecule has 0 heterocycles. The van der Waals surface area contributed by atoms with E-state index in [9.17, 15) is 0 Å². The van der Waals surface area contributed by atoms with Crippen LogP contribution in [-0.2, 0) is 6.42 Å². The van der Waals surface area contributed by atoms with Gasteiger partial charge in [0.2, 0.25) is 0 Å². The van der Waals surface area contributed by atoms with E-state index in [-0.39, 0.29) is 7.43 Å². The molecule has 0 saturated heterocycles. The predicted octanol–water partition coefficient (Wildman–Crippen LogP) is 5.28. The smallest absolute Gasteiger partial charge is 0.0252 e. The highest BCUT2D eigenvalue weighted by atomic mass is 14.7. The summed E-state index contributed by atoms with van der Waals surface area (Å²) in [5, 5.41) is 0. The van der Waals surface area contributed by atoms with E-state index in [1.807, 2.05) is 19.2 Å². The first-order valence-corrected chi connectivity index (χ1v) is 5.91. The first-order chi connectivity index (χ1) is 7.74. The van der Waals surface area contributed by atoms with Crippen molar-refractivity contribution >= 4 is 6.21 Å². The topological polar surface area (TPSA) is 12.4 Å². The second-order valence-electron chi connectivity index (χ2n) is 3.58. The van der Waals surface area contributed by atoms with Gasteiger partial charge in [0, 0.05) is 12.4 Å². The van der Waals surface area contributed by atoms with Gasteiger partial charge >= 0.3 is 0 Å². The van der Waals surface area contributed by atoms with Crippen molar-refractivity contribution in [2.75, 3.05) is 0 Å². The molecule has 0 amide bonds. The van der Waals surface area contributed by atoms with Crippen LogP contribution >= 0.6 is 0 Å². The molecule has 0 atom stereocenters. The number of hydrogen-bond acceptors (Lipinski definition) is 1. The highest BCUT2D eigenvalue weighted by Crippen LogP contribution is 1.97. The minimum Gasteiger partial charge on any atom is -0.269 e. The summed E-state index contributed by atoms with van der Waals surface area (Å²) in [5.41, 5.74) is 2.73. The van der Waals surface area contributed by atoms with Crippen molar-refractivity contribution in [3.8, 4) is 0 Å². The minimum atomic E-state index is 0. The number of aliphatic imine (C=N–C) groups is 1. The van der Waals surface area contributed by atoms with Crippen molar-refractivity contribution in [3.05, 3.63) is 47.7 Å². The number of rotatable bonds is 3. The highest BCUT2D eigenvalue weighted by Gasteiger charge is 1.80. The molecule has 0 aliphatic rings. The molecule has 0 unspecified atom stereocenters. The molecular formula is C16H27N. The molecule has 17 heavy (non-hydrogen) atoms. The zero-order chi connectivity index (χ0) is 12.2. The van der Waals surface area contributed by atoms with Crippen LogP contribution in [0.25, 0.3) is 0 Å². The fourth-order valence-corrected chi connectivity index (χ4v) is 1.01. The molecule has 1 heteroatoms. The minimum absolute atomic E-state index is 0. The molecule has 1 aromatic rings. The predicted molar refractivity (Wildman–Crippen MR) is 80.8 cm³/mol. The molecule has 96 valence electrons. The molecule has 0 aliphatic heterocycles. The lowest BCUT2D eigenvalue weighted by molar-refractivity contribution is 1.09. The molecule has 0 bridgehead atoms. The third-order valence-corrected chi connectivity index (χ3v) is 2.25. The zero-order valence-electron chi connectivity index (χ0n) is 10.9. The van der Waals surface area contributed by atoms with Crippen LogP contribution in [0.4, 0.5) is 0 Å². The number of allylic oxidation sites excluding steroid dienone is 1. The third-order valence-electron chi connectivity index (χ3n) is 2.25. The maximum absolute atomic E-state index is 3.96. The van der Waals surface area contributed by atoms with Crippen molar-refractivity contribution in [1.29, 1.82) is 0 Å². The average Bonchev–Trinajstić information content (AvgIpc) is 2.37.